The number of hydrogen-bond donors (Lipinski definition) is 0. The summed E-state index contributed by atoms with van der Waals surface area (Å²) in [7, 11) is 1.81. The highest BCUT2D eigenvalue weighted by atomic mass is 32.1. The Kier molecular flexibility index (Phi) is 4.50. The van der Waals surface area contributed by atoms with Crippen LogP contribution in [0.1, 0.15) is 34.5 Å². The van der Waals surface area contributed by atoms with Crippen molar-refractivity contribution in [3.63, 3.8) is 0 Å². The number of nitrogens with zero attached hydrogens (tertiary/aromatic N) is 4. The molecule has 0 radical (unpaired) electrons. The summed E-state index contributed by atoms with van der Waals surface area (Å²) in [6, 6.07) is 5.99. The number of aryl methyl sites for hydroxylation is 3. The van der Waals surface area contributed by atoms with Crippen molar-refractivity contribution in [2.75, 3.05) is 18.1 Å². The molecule has 1 amide bonds. The smallest absolute Gasteiger partial charge is 0.280 e. The molecular formula is C19H22N4O2S. The number of rotatable bonds is 4. The monoisotopic (exact) mass is 370 g/mol. The number of aromatic nitrogens is 3. The van der Waals surface area contributed by atoms with Gasteiger partial charge in [0.2, 0.25) is 0 Å². The van der Waals surface area contributed by atoms with Crippen molar-refractivity contribution in [3.8, 4) is 0 Å². The van der Waals surface area contributed by atoms with Crippen LogP contribution in [0.3, 0.4) is 0 Å². The van der Waals surface area contributed by atoms with Crippen molar-refractivity contribution in [2.24, 2.45) is 7.05 Å². The molecule has 1 aliphatic heterocycles. The Morgan fingerprint density at radius 3 is 2.96 bits per heavy atom. The van der Waals surface area contributed by atoms with E-state index in [0.717, 1.165) is 35.2 Å². The summed E-state index contributed by atoms with van der Waals surface area (Å²) in [5, 5.41) is 4.99. The summed E-state index contributed by atoms with van der Waals surface area (Å²) in [6.45, 7) is 5.40. The number of carbonyl (C=O) groups excluding carboxylic acids is 1. The van der Waals surface area contributed by atoms with E-state index in [4.69, 9.17) is 9.72 Å². The van der Waals surface area contributed by atoms with Crippen LogP contribution in [0.5, 0.6) is 0 Å². The topological polar surface area (TPSA) is 60.3 Å². The van der Waals surface area contributed by atoms with Gasteiger partial charge in [-0.25, -0.2) is 4.98 Å². The molecule has 1 unspecified atom stereocenters. The minimum Gasteiger partial charge on any atom is -0.376 e. The molecule has 3 aromatic rings. The van der Waals surface area contributed by atoms with E-state index in [1.807, 2.05) is 7.05 Å². The molecule has 0 aliphatic carbocycles. The Hall–Kier alpha value is -2.25. The fourth-order valence-electron chi connectivity index (χ4n) is 3.38. The third-order valence-electron chi connectivity index (χ3n) is 4.64. The second kappa shape index (κ2) is 6.81. The second-order valence-corrected chi connectivity index (χ2v) is 7.86. The minimum absolute atomic E-state index is 0.0532. The van der Waals surface area contributed by atoms with E-state index in [-0.39, 0.29) is 12.0 Å². The van der Waals surface area contributed by atoms with E-state index in [0.29, 0.717) is 17.4 Å². The Balaban J connectivity index is 1.74. The third-order valence-corrected chi connectivity index (χ3v) is 5.66. The zero-order valence-corrected chi connectivity index (χ0v) is 16.0. The Labute approximate surface area is 156 Å². The zero-order chi connectivity index (χ0) is 18.3. The molecule has 6 nitrogen and oxygen atoms in total. The molecule has 7 heteroatoms. The van der Waals surface area contributed by atoms with Gasteiger partial charge in [0.25, 0.3) is 5.91 Å². The van der Waals surface area contributed by atoms with Crippen LogP contribution in [0, 0.1) is 13.8 Å². The standard InChI is InChI=1S/C19H22N4O2S/c1-12-9-13(2)17-16(10-12)26-19(20-17)23(11-14-5-4-8-25-14)18(24)15-6-7-22(3)21-15/h6-7,9-10,14H,4-5,8,11H2,1-3H3. The van der Waals surface area contributed by atoms with Crippen LogP contribution >= 0.6 is 11.3 Å². The first-order valence-electron chi connectivity index (χ1n) is 8.82. The van der Waals surface area contributed by atoms with Gasteiger partial charge in [-0.15, -0.1) is 0 Å². The zero-order valence-electron chi connectivity index (χ0n) is 15.2. The van der Waals surface area contributed by atoms with Gasteiger partial charge in [0.15, 0.2) is 10.8 Å². The molecule has 1 atom stereocenters. The van der Waals surface area contributed by atoms with Gasteiger partial charge < -0.3 is 4.74 Å². The van der Waals surface area contributed by atoms with E-state index in [2.05, 4.69) is 31.1 Å². The van der Waals surface area contributed by atoms with Gasteiger partial charge in [-0.05, 0) is 49.9 Å². The van der Waals surface area contributed by atoms with Crippen molar-refractivity contribution in [1.82, 2.24) is 14.8 Å². The van der Waals surface area contributed by atoms with Crippen molar-refractivity contribution < 1.29 is 9.53 Å². The van der Waals surface area contributed by atoms with Crippen LogP contribution < -0.4 is 4.90 Å². The average Bonchev–Trinajstić information content (AvgIpc) is 3.32. The van der Waals surface area contributed by atoms with Crippen LogP contribution in [-0.4, -0.2) is 39.9 Å². The van der Waals surface area contributed by atoms with E-state index < -0.39 is 0 Å². The fraction of sp³-hybridized carbons (Fsp3) is 0.421. The number of hydrogen-bond acceptors (Lipinski definition) is 5. The van der Waals surface area contributed by atoms with Gasteiger partial charge in [0, 0.05) is 19.9 Å². The SMILES string of the molecule is Cc1cc(C)c2nc(N(CC3CCCO3)C(=O)c3ccn(C)n3)sc2c1. The van der Waals surface area contributed by atoms with Crippen molar-refractivity contribution in [3.05, 3.63) is 41.2 Å². The third kappa shape index (κ3) is 3.24. The lowest BCUT2D eigenvalue weighted by atomic mass is 10.1. The van der Waals surface area contributed by atoms with Crippen molar-refractivity contribution in [1.29, 1.82) is 0 Å². The highest BCUT2D eigenvalue weighted by Crippen LogP contribution is 2.33. The summed E-state index contributed by atoms with van der Waals surface area (Å²) in [5.74, 6) is -0.130. The lowest BCUT2D eigenvalue weighted by molar-refractivity contribution is 0.0913. The predicted molar refractivity (Wildman–Crippen MR) is 103 cm³/mol. The molecule has 4 rings (SSSR count). The fourth-order valence-corrected chi connectivity index (χ4v) is 4.53. The quantitative estimate of drug-likeness (QED) is 0.705. The number of carbonyl (C=O) groups is 1. The van der Waals surface area contributed by atoms with Gasteiger partial charge in [0.1, 0.15) is 0 Å². The van der Waals surface area contributed by atoms with Gasteiger partial charge in [0.05, 0.1) is 22.9 Å². The average molecular weight is 370 g/mol. The highest BCUT2D eigenvalue weighted by molar-refractivity contribution is 7.22. The molecule has 1 saturated heterocycles. The van der Waals surface area contributed by atoms with Crippen molar-refractivity contribution >= 4 is 32.6 Å². The van der Waals surface area contributed by atoms with Gasteiger partial charge >= 0.3 is 0 Å². The number of fused-ring (bicyclic) bond motifs is 1. The number of thiazole rings is 1. The van der Waals surface area contributed by atoms with E-state index in [1.54, 1.807) is 33.2 Å². The molecule has 1 fully saturated rings. The summed E-state index contributed by atoms with van der Waals surface area (Å²) in [5.41, 5.74) is 3.72. The lowest BCUT2D eigenvalue weighted by Gasteiger charge is -2.22. The normalized spacial score (nSPS) is 17.1. The Morgan fingerprint density at radius 1 is 1.42 bits per heavy atom. The molecule has 0 N–H and O–H groups in total. The Morgan fingerprint density at radius 2 is 2.27 bits per heavy atom. The summed E-state index contributed by atoms with van der Waals surface area (Å²) in [6.07, 6.45) is 3.84. The van der Waals surface area contributed by atoms with Crippen LogP contribution in [0.15, 0.2) is 24.4 Å². The molecule has 0 saturated carbocycles. The predicted octanol–water partition coefficient (Wildman–Crippen LogP) is 3.47. The second-order valence-electron chi connectivity index (χ2n) is 6.85. The first-order chi connectivity index (χ1) is 12.5. The largest absolute Gasteiger partial charge is 0.376 e. The van der Waals surface area contributed by atoms with Crippen LogP contribution in [-0.2, 0) is 11.8 Å². The summed E-state index contributed by atoms with van der Waals surface area (Å²) in [4.78, 5) is 19.7. The molecule has 0 bridgehead atoms. The van der Waals surface area contributed by atoms with Crippen LogP contribution in [0.4, 0.5) is 5.13 Å². The van der Waals surface area contributed by atoms with Gasteiger partial charge in [-0.3, -0.25) is 14.4 Å². The van der Waals surface area contributed by atoms with Crippen molar-refractivity contribution in [2.45, 2.75) is 32.8 Å². The molecule has 26 heavy (non-hydrogen) atoms. The van der Waals surface area contributed by atoms with Crippen LogP contribution in [0.2, 0.25) is 0 Å². The van der Waals surface area contributed by atoms with Gasteiger partial charge in [-0.1, -0.05) is 17.4 Å². The molecular weight excluding hydrogens is 348 g/mol. The van der Waals surface area contributed by atoms with Gasteiger partial charge in [-0.2, -0.15) is 5.10 Å². The maximum absolute atomic E-state index is 13.1. The molecule has 1 aromatic carbocycles. The number of benzene rings is 1. The highest BCUT2D eigenvalue weighted by Gasteiger charge is 2.28. The summed E-state index contributed by atoms with van der Waals surface area (Å²) >= 11 is 1.55. The molecule has 1 aliphatic rings. The molecule has 136 valence electrons. The number of ether oxygens (including phenoxy) is 1. The summed E-state index contributed by atoms with van der Waals surface area (Å²) < 4.78 is 8.51. The number of anilines is 1. The van der Waals surface area contributed by atoms with Crippen LogP contribution in [0.25, 0.3) is 10.2 Å². The van der Waals surface area contributed by atoms with E-state index in [1.165, 1.54) is 5.56 Å². The molecule has 2 aromatic heterocycles. The number of amides is 1. The molecule has 3 heterocycles. The Bertz CT molecular complexity index is 956. The van der Waals surface area contributed by atoms with E-state index in [9.17, 15) is 4.79 Å². The minimum atomic E-state index is -0.130. The van der Waals surface area contributed by atoms with E-state index >= 15 is 0 Å². The maximum Gasteiger partial charge on any atom is 0.280 e. The lowest BCUT2D eigenvalue weighted by Crippen LogP contribution is -2.37. The first kappa shape index (κ1) is 17.2. The maximum atomic E-state index is 13.1. The molecule has 0 spiro atoms. The first-order valence-corrected chi connectivity index (χ1v) is 9.64.